The Morgan fingerprint density at radius 2 is 1.73 bits per heavy atom. The van der Waals surface area contributed by atoms with Gasteiger partial charge in [0, 0.05) is 33.2 Å². The molecule has 4 rings (SSSR count). The van der Waals surface area contributed by atoms with Crippen LogP contribution in [0.25, 0.3) is 11.1 Å². The predicted octanol–water partition coefficient (Wildman–Crippen LogP) is 1.50. The van der Waals surface area contributed by atoms with Gasteiger partial charge in [-0.15, -0.1) is 0 Å². The van der Waals surface area contributed by atoms with Crippen LogP contribution in [0.15, 0.2) is 39.8 Å². The first-order valence-electron chi connectivity index (χ1n) is 9.61. The molecule has 0 unspecified atom stereocenters. The van der Waals surface area contributed by atoms with Crippen LogP contribution in [0.5, 0.6) is 0 Å². The standard InChI is InChI=1S/C21H21FN4O4/c1-13-17(18-19(30-13)23-12-24(2)20(18)28)21(29)26-9-7-25(8-10-26)16(27)11-14-3-5-15(22)6-4-14/h3-6,12H,7-11H2,1-2H3. The van der Waals surface area contributed by atoms with Gasteiger partial charge in [-0.3, -0.25) is 14.4 Å². The molecule has 2 amide bonds. The summed E-state index contributed by atoms with van der Waals surface area (Å²) in [5, 5.41) is 0.178. The number of aryl methyl sites for hydroxylation is 2. The molecule has 3 heterocycles. The van der Waals surface area contributed by atoms with Crippen molar-refractivity contribution in [2.45, 2.75) is 13.3 Å². The molecule has 1 aliphatic heterocycles. The molecule has 0 N–H and O–H groups in total. The third-order valence-electron chi connectivity index (χ3n) is 5.35. The average Bonchev–Trinajstić information content (AvgIpc) is 3.08. The maximum Gasteiger partial charge on any atom is 0.265 e. The van der Waals surface area contributed by atoms with Crippen LogP contribution in [0, 0.1) is 12.7 Å². The highest BCUT2D eigenvalue weighted by atomic mass is 19.1. The van der Waals surface area contributed by atoms with Crippen molar-refractivity contribution in [2.24, 2.45) is 7.05 Å². The first-order chi connectivity index (χ1) is 14.3. The number of fused-ring (bicyclic) bond motifs is 1. The van der Waals surface area contributed by atoms with Gasteiger partial charge in [-0.25, -0.2) is 9.37 Å². The van der Waals surface area contributed by atoms with Crippen molar-refractivity contribution in [3.05, 3.63) is 63.7 Å². The van der Waals surface area contributed by atoms with Gasteiger partial charge in [0.2, 0.25) is 11.6 Å². The summed E-state index contributed by atoms with van der Waals surface area (Å²) in [4.78, 5) is 45.5. The van der Waals surface area contributed by atoms with Gasteiger partial charge in [0.1, 0.15) is 23.3 Å². The number of carbonyl (C=O) groups is 2. The molecule has 0 spiro atoms. The summed E-state index contributed by atoms with van der Waals surface area (Å²) < 4.78 is 19.8. The van der Waals surface area contributed by atoms with E-state index in [1.807, 2.05) is 0 Å². The molecule has 156 valence electrons. The number of hydrogen-bond acceptors (Lipinski definition) is 5. The Morgan fingerprint density at radius 1 is 1.10 bits per heavy atom. The van der Waals surface area contributed by atoms with Crippen molar-refractivity contribution >= 4 is 22.9 Å². The molecule has 8 nitrogen and oxygen atoms in total. The third-order valence-corrected chi connectivity index (χ3v) is 5.35. The molecule has 1 aliphatic rings. The number of benzene rings is 1. The number of nitrogens with zero attached hydrogens (tertiary/aromatic N) is 4. The Labute approximate surface area is 171 Å². The molecule has 0 saturated carbocycles. The topological polar surface area (TPSA) is 88.6 Å². The van der Waals surface area contributed by atoms with E-state index >= 15 is 0 Å². The van der Waals surface area contributed by atoms with Gasteiger partial charge in [0.25, 0.3) is 11.5 Å². The number of carbonyl (C=O) groups excluding carboxylic acids is 2. The number of piperazine rings is 1. The van der Waals surface area contributed by atoms with Crippen molar-refractivity contribution < 1.29 is 18.4 Å². The summed E-state index contributed by atoms with van der Waals surface area (Å²) in [7, 11) is 1.57. The monoisotopic (exact) mass is 412 g/mol. The molecule has 1 aromatic carbocycles. The van der Waals surface area contributed by atoms with Crippen molar-refractivity contribution in [1.82, 2.24) is 19.4 Å². The highest BCUT2D eigenvalue weighted by Gasteiger charge is 2.30. The molecular weight excluding hydrogens is 391 g/mol. The minimum absolute atomic E-state index is 0.0725. The largest absolute Gasteiger partial charge is 0.442 e. The normalized spacial score (nSPS) is 14.4. The molecule has 1 fully saturated rings. The molecule has 0 atom stereocenters. The zero-order valence-electron chi connectivity index (χ0n) is 16.7. The van der Waals surface area contributed by atoms with Crippen LogP contribution in [0.4, 0.5) is 4.39 Å². The van der Waals surface area contributed by atoms with E-state index in [9.17, 15) is 18.8 Å². The lowest BCUT2D eigenvalue weighted by atomic mass is 10.1. The molecule has 2 aromatic heterocycles. The molecule has 0 aliphatic carbocycles. The van der Waals surface area contributed by atoms with Gasteiger partial charge in [-0.05, 0) is 24.6 Å². The van der Waals surface area contributed by atoms with E-state index < -0.39 is 0 Å². The van der Waals surface area contributed by atoms with Crippen molar-refractivity contribution in [3.63, 3.8) is 0 Å². The summed E-state index contributed by atoms with van der Waals surface area (Å²) in [5.74, 6) is -0.371. The van der Waals surface area contributed by atoms with Crippen LogP contribution in [0.1, 0.15) is 21.7 Å². The quantitative estimate of drug-likeness (QED) is 0.651. The van der Waals surface area contributed by atoms with Crippen LogP contribution in [0.3, 0.4) is 0 Å². The number of hydrogen-bond donors (Lipinski definition) is 0. The van der Waals surface area contributed by atoms with E-state index in [2.05, 4.69) is 4.98 Å². The van der Waals surface area contributed by atoms with E-state index in [0.29, 0.717) is 31.9 Å². The Balaban J connectivity index is 1.46. The van der Waals surface area contributed by atoms with E-state index in [1.54, 1.807) is 35.9 Å². The van der Waals surface area contributed by atoms with Crippen molar-refractivity contribution in [2.75, 3.05) is 26.2 Å². The highest BCUT2D eigenvalue weighted by Crippen LogP contribution is 2.23. The van der Waals surface area contributed by atoms with Gasteiger partial charge < -0.3 is 18.8 Å². The summed E-state index contributed by atoms with van der Waals surface area (Å²) >= 11 is 0. The smallest absolute Gasteiger partial charge is 0.265 e. The molecular formula is C21H21FN4O4. The number of halogens is 1. The average molecular weight is 412 g/mol. The summed E-state index contributed by atoms with van der Waals surface area (Å²) in [5.41, 5.74) is 0.772. The van der Waals surface area contributed by atoms with Gasteiger partial charge in [0.15, 0.2) is 0 Å². The number of rotatable bonds is 3. The second-order valence-electron chi connectivity index (χ2n) is 7.35. The van der Waals surface area contributed by atoms with Crippen LogP contribution in [0.2, 0.25) is 0 Å². The van der Waals surface area contributed by atoms with Crippen LogP contribution < -0.4 is 5.56 Å². The van der Waals surface area contributed by atoms with Gasteiger partial charge in [-0.1, -0.05) is 12.1 Å². The zero-order chi connectivity index (χ0) is 21.4. The Morgan fingerprint density at radius 3 is 2.40 bits per heavy atom. The maximum atomic E-state index is 13.1. The van der Waals surface area contributed by atoms with E-state index in [1.165, 1.54) is 23.0 Å². The Hall–Kier alpha value is -3.49. The summed E-state index contributed by atoms with van der Waals surface area (Å²) in [6, 6.07) is 5.84. The molecule has 0 bridgehead atoms. The van der Waals surface area contributed by atoms with E-state index in [4.69, 9.17) is 4.42 Å². The lowest BCUT2D eigenvalue weighted by Gasteiger charge is -2.34. The second-order valence-corrected chi connectivity index (χ2v) is 7.35. The van der Waals surface area contributed by atoms with Crippen LogP contribution >= 0.6 is 0 Å². The van der Waals surface area contributed by atoms with Crippen molar-refractivity contribution in [3.8, 4) is 0 Å². The number of aromatic nitrogens is 2. The van der Waals surface area contributed by atoms with Crippen LogP contribution in [-0.2, 0) is 18.3 Å². The minimum atomic E-state index is -0.342. The fraction of sp³-hybridized carbons (Fsp3) is 0.333. The fourth-order valence-corrected chi connectivity index (χ4v) is 3.65. The fourth-order valence-electron chi connectivity index (χ4n) is 3.65. The van der Waals surface area contributed by atoms with Gasteiger partial charge in [-0.2, -0.15) is 0 Å². The predicted molar refractivity (Wildman–Crippen MR) is 107 cm³/mol. The molecule has 30 heavy (non-hydrogen) atoms. The highest BCUT2D eigenvalue weighted by molar-refractivity contribution is 6.06. The lowest BCUT2D eigenvalue weighted by molar-refractivity contribution is -0.131. The Kier molecular flexibility index (Phi) is 5.11. The Bertz CT molecular complexity index is 1170. The summed E-state index contributed by atoms with van der Waals surface area (Å²) in [6.07, 6.45) is 1.54. The van der Waals surface area contributed by atoms with Crippen LogP contribution in [-0.4, -0.2) is 57.3 Å². The number of amides is 2. The number of furan rings is 1. The molecule has 0 radical (unpaired) electrons. The first-order valence-corrected chi connectivity index (χ1v) is 9.61. The van der Waals surface area contributed by atoms with Crippen molar-refractivity contribution in [1.29, 1.82) is 0 Å². The molecule has 1 saturated heterocycles. The SMILES string of the molecule is Cc1oc2ncn(C)c(=O)c2c1C(=O)N1CCN(C(=O)Cc2ccc(F)cc2)CC1. The molecule has 9 heteroatoms. The minimum Gasteiger partial charge on any atom is -0.442 e. The van der Waals surface area contributed by atoms with Gasteiger partial charge >= 0.3 is 0 Å². The maximum absolute atomic E-state index is 13.1. The lowest BCUT2D eigenvalue weighted by Crippen LogP contribution is -2.51. The molecule has 3 aromatic rings. The third kappa shape index (κ3) is 3.58. The second kappa shape index (κ2) is 7.74. The zero-order valence-corrected chi connectivity index (χ0v) is 16.7. The van der Waals surface area contributed by atoms with E-state index in [-0.39, 0.29) is 46.3 Å². The van der Waals surface area contributed by atoms with E-state index in [0.717, 1.165) is 5.56 Å². The summed E-state index contributed by atoms with van der Waals surface area (Å²) in [6.45, 7) is 3.10. The van der Waals surface area contributed by atoms with Gasteiger partial charge in [0.05, 0.1) is 12.0 Å². The first kappa shape index (κ1) is 19.8.